The Kier molecular flexibility index (Phi) is 5.49. The van der Waals surface area contributed by atoms with Gasteiger partial charge in [-0.1, -0.05) is 0 Å². The third-order valence-electron chi connectivity index (χ3n) is 2.17. The van der Waals surface area contributed by atoms with Gasteiger partial charge < -0.3 is 15.4 Å². The summed E-state index contributed by atoms with van der Waals surface area (Å²) < 4.78 is 27.9. The second-order valence-corrected chi connectivity index (χ2v) is 3.41. The molecule has 0 radical (unpaired) electrons. The Bertz CT molecular complexity index is 197. The van der Waals surface area contributed by atoms with Crippen LogP contribution in [0.5, 0.6) is 0 Å². The molecule has 1 aliphatic rings. The molecule has 1 rings (SSSR count). The molecule has 0 spiro atoms. The van der Waals surface area contributed by atoms with E-state index in [1.807, 2.05) is 0 Å². The molecule has 0 aromatic carbocycles. The van der Waals surface area contributed by atoms with E-state index < -0.39 is 13.0 Å². The molecule has 0 unspecified atom stereocenters. The summed E-state index contributed by atoms with van der Waals surface area (Å²) in [6.45, 7) is 0.698. The van der Waals surface area contributed by atoms with Gasteiger partial charge in [0.25, 0.3) is 6.43 Å². The molecule has 0 aromatic rings. The van der Waals surface area contributed by atoms with Crippen molar-refractivity contribution in [3.05, 3.63) is 0 Å². The van der Waals surface area contributed by atoms with E-state index >= 15 is 0 Å². The zero-order valence-corrected chi connectivity index (χ0v) is 8.47. The highest BCUT2D eigenvalue weighted by Crippen LogP contribution is 2.04. The first-order valence-electron chi connectivity index (χ1n) is 5.07. The maximum atomic E-state index is 11.6. The van der Waals surface area contributed by atoms with Crippen LogP contribution in [0.1, 0.15) is 12.8 Å². The minimum absolute atomic E-state index is 0.0758. The number of amides is 1. The van der Waals surface area contributed by atoms with Gasteiger partial charge in [-0.3, -0.25) is 4.79 Å². The molecule has 1 aliphatic heterocycles. The lowest BCUT2D eigenvalue weighted by Gasteiger charge is -2.10. The fourth-order valence-corrected chi connectivity index (χ4v) is 1.45. The second kappa shape index (κ2) is 6.68. The maximum Gasteiger partial charge on any atom is 0.261 e. The lowest BCUT2D eigenvalue weighted by Crippen LogP contribution is -2.41. The van der Waals surface area contributed by atoms with E-state index in [-0.39, 0.29) is 25.1 Å². The zero-order chi connectivity index (χ0) is 11.1. The van der Waals surface area contributed by atoms with Crippen molar-refractivity contribution in [2.45, 2.75) is 25.3 Å². The fraction of sp³-hybridized carbons (Fsp3) is 0.889. The molecule has 0 aliphatic carbocycles. The van der Waals surface area contributed by atoms with Crippen LogP contribution in [0.25, 0.3) is 0 Å². The van der Waals surface area contributed by atoms with Crippen molar-refractivity contribution in [1.82, 2.24) is 10.6 Å². The molecule has 6 heteroatoms. The summed E-state index contributed by atoms with van der Waals surface area (Å²) in [4.78, 5) is 11.4. The van der Waals surface area contributed by atoms with E-state index in [0.717, 1.165) is 19.4 Å². The van der Waals surface area contributed by atoms with Gasteiger partial charge in [-0.2, -0.15) is 0 Å². The Morgan fingerprint density at radius 1 is 1.60 bits per heavy atom. The molecule has 4 nitrogen and oxygen atoms in total. The maximum absolute atomic E-state index is 11.6. The van der Waals surface area contributed by atoms with Crippen LogP contribution in [0.2, 0.25) is 0 Å². The average Bonchev–Trinajstić information content (AvgIpc) is 2.69. The number of hydrogen-bond donors (Lipinski definition) is 2. The van der Waals surface area contributed by atoms with Gasteiger partial charge in [0.15, 0.2) is 0 Å². The van der Waals surface area contributed by atoms with Gasteiger partial charge >= 0.3 is 0 Å². The summed E-state index contributed by atoms with van der Waals surface area (Å²) in [5, 5.41) is 5.67. The first kappa shape index (κ1) is 12.3. The molecule has 2 N–H and O–H groups in total. The summed E-state index contributed by atoms with van der Waals surface area (Å²) in [6.07, 6.45) is -0.610. The number of halogens is 2. The highest BCUT2D eigenvalue weighted by atomic mass is 19.3. The van der Waals surface area contributed by atoms with Gasteiger partial charge in [0.05, 0.1) is 12.6 Å². The Morgan fingerprint density at radius 3 is 3.00 bits per heavy atom. The summed E-state index contributed by atoms with van der Waals surface area (Å²) in [5.74, 6) is -0.0758. The standard InChI is InChI=1S/C9H16F2N2O2/c10-8(11)6-15-5-4-13-9(14)7-2-1-3-12-7/h7-8,12H,1-6H2,(H,13,14)/t7-/m0/s1. The van der Waals surface area contributed by atoms with Crippen LogP contribution >= 0.6 is 0 Å². The minimum Gasteiger partial charge on any atom is -0.374 e. The number of carbonyl (C=O) groups is 1. The first-order chi connectivity index (χ1) is 7.20. The van der Waals surface area contributed by atoms with Crippen molar-refractivity contribution in [3.8, 4) is 0 Å². The van der Waals surface area contributed by atoms with E-state index in [4.69, 9.17) is 0 Å². The Morgan fingerprint density at radius 2 is 2.40 bits per heavy atom. The van der Waals surface area contributed by atoms with Crippen LogP contribution < -0.4 is 10.6 Å². The van der Waals surface area contributed by atoms with Crippen molar-refractivity contribution in [2.75, 3.05) is 26.3 Å². The van der Waals surface area contributed by atoms with Gasteiger partial charge in [-0.25, -0.2) is 8.78 Å². The SMILES string of the molecule is O=C(NCCOCC(F)F)[C@@H]1CCCN1. The summed E-state index contributed by atoms with van der Waals surface area (Å²) in [7, 11) is 0. The predicted molar refractivity (Wildman–Crippen MR) is 50.9 cm³/mol. The molecule has 0 aromatic heterocycles. The Balaban J connectivity index is 1.97. The van der Waals surface area contributed by atoms with Crippen molar-refractivity contribution in [1.29, 1.82) is 0 Å². The molecule has 1 atom stereocenters. The molecular weight excluding hydrogens is 206 g/mol. The monoisotopic (exact) mass is 222 g/mol. The van der Waals surface area contributed by atoms with Gasteiger partial charge in [0.1, 0.15) is 6.61 Å². The molecule has 1 fully saturated rings. The molecule has 1 amide bonds. The topological polar surface area (TPSA) is 50.4 Å². The van der Waals surface area contributed by atoms with Gasteiger partial charge in [0, 0.05) is 6.54 Å². The van der Waals surface area contributed by atoms with Crippen molar-refractivity contribution in [3.63, 3.8) is 0 Å². The van der Waals surface area contributed by atoms with Crippen LogP contribution in [0.4, 0.5) is 8.78 Å². The molecule has 1 heterocycles. The molecule has 15 heavy (non-hydrogen) atoms. The summed E-state index contributed by atoms with van der Waals surface area (Å²) in [5.41, 5.74) is 0. The van der Waals surface area contributed by atoms with Crippen molar-refractivity contribution >= 4 is 5.91 Å². The largest absolute Gasteiger partial charge is 0.374 e. The number of rotatable bonds is 6. The number of nitrogens with one attached hydrogen (secondary N) is 2. The van der Waals surface area contributed by atoms with E-state index in [1.54, 1.807) is 0 Å². The number of hydrogen-bond acceptors (Lipinski definition) is 3. The van der Waals surface area contributed by atoms with Crippen molar-refractivity contribution < 1.29 is 18.3 Å². The third-order valence-corrected chi connectivity index (χ3v) is 2.17. The first-order valence-corrected chi connectivity index (χ1v) is 5.07. The van der Waals surface area contributed by atoms with Gasteiger partial charge in [0.2, 0.25) is 5.91 Å². The molecule has 88 valence electrons. The quantitative estimate of drug-likeness (QED) is 0.628. The van der Waals surface area contributed by atoms with Crippen LogP contribution in [-0.4, -0.2) is 44.7 Å². The summed E-state index contributed by atoms with van der Waals surface area (Å²) >= 11 is 0. The van der Waals surface area contributed by atoms with Gasteiger partial charge in [-0.05, 0) is 19.4 Å². The smallest absolute Gasteiger partial charge is 0.261 e. The van der Waals surface area contributed by atoms with Crippen molar-refractivity contribution in [2.24, 2.45) is 0 Å². The highest BCUT2D eigenvalue weighted by molar-refractivity contribution is 5.81. The number of ether oxygens (including phenoxy) is 1. The van der Waals surface area contributed by atoms with E-state index in [9.17, 15) is 13.6 Å². The Hall–Kier alpha value is -0.750. The average molecular weight is 222 g/mol. The lowest BCUT2D eigenvalue weighted by atomic mass is 10.2. The van der Waals surface area contributed by atoms with E-state index in [2.05, 4.69) is 15.4 Å². The van der Waals surface area contributed by atoms with Crippen LogP contribution in [0.3, 0.4) is 0 Å². The molecule has 0 bridgehead atoms. The minimum atomic E-state index is -2.45. The molecule has 0 saturated carbocycles. The molecule has 1 saturated heterocycles. The highest BCUT2D eigenvalue weighted by Gasteiger charge is 2.21. The zero-order valence-electron chi connectivity index (χ0n) is 8.47. The predicted octanol–water partition coefficient (Wildman–Crippen LogP) is 0.136. The molecular formula is C9H16F2N2O2. The van der Waals surface area contributed by atoms with E-state index in [1.165, 1.54) is 0 Å². The number of alkyl halides is 2. The second-order valence-electron chi connectivity index (χ2n) is 3.41. The number of carbonyl (C=O) groups excluding carboxylic acids is 1. The Labute approximate surface area is 87.4 Å². The van der Waals surface area contributed by atoms with Crippen LogP contribution in [0, 0.1) is 0 Å². The van der Waals surface area contributed by atoms with Crippen LogP contribution in [-0.2, 0) is 9.53 Å². The normalized spacial score (nSPS) is 20.9. The van der Waals surface area contributed by atoms with E-state index in [0.29, 0.717) is 0 Å². The third kappa shape index (κ3) is 5.03. The lowest BCUT2D eigenvalue weighted by molar-refractivity contribution is -0.123. The summed E-state index contributed by atoms with van der Waals surface area (Å²) in [6, 6.07) is -0.125. The van der Waals surface area contributed by atoms with Crippen LogP contribution in [0.15, 0.2) is 0 Å². The fourth-order valence-electron chi connectivity index (χ4n) is 1.45. The van der Waals surface area contributed by atoms with Gasteiger partial charge in [-0.15, -0.1) is 0 Å².